The number of nitrogens with one attached hydrogen (secondary N) is 1. The lowest BCUT2D eigenvalue weighted by Crippen LogP contribution is -2.36. The summed E-state index contributed by atoms with van der Waals surface area (Å²) in [4.78, 5) is 1.93. The van der Waals surface area contributed by atoms with Crippen molar-refractivity contribution in [2.24, 2.45) is 0 Å². The summed E-state index contributed by atoms with van der Waals surface area (Å²) in [6.07, 6.45) is 0. The van der Waals surface area contributed by atoms with Gasteiger partial charge in [0, 0.05) is 24.7 Å². The first-order chi connectivity index (χ1) is 10.9. The Kier molecular flexibility index (Phi) is 9.04. The summed E-state index contributed by atoms with van der Waals surface area (Å²) in [6, 6.07) is 7.28. The highest BCUT2D eigenvalue weighted by molar-refractivity contribution is 7.89. The number of methoxy groups -OCH3 is 1. The minimum atomic E-state index is -3.40. The van der Waals surface area contributed by atoms with E-state index >= 15 is 0 Å². The van der Waals surface area contributed by atoms with E-state index in [1.54, 1.807) is 13.2 Å². The molecule has 1 N–H and O–H groups in total. The summed E-state index contributed by atoms with van der Waals surface area (Å²) < 4.78 is 36.7. The molecule has 0 heterocycles. The first kappa shape index (κ1) is 20.3. The molecule has 1 unspecified atom stereocenters. The van der Waals surface area contributed by atoms with Crippen molar-refractivity contribution < 1.29 is 17.9 Å². The monoisotopic (exact) mass is 364 g/mol. The van der Waals surface area contributed by atoms with Crippen LogP contribution in [0.3, 0.4) is 0 Å². The Labute approximate surface area is 143 Å². The highest BCUT2D eigenvalue weighted by Crippen LogP contribution is 2.25. The highest BCUT2D eigenvalue weighted by Gasteiger charge is 2.20. The quantitative estimate of drug-likeness (QED) is 0.603. The molecule has 0 fully saturated rings. The molecule has 0 saturated carbocycles. The molecule has 8 heteroatoms. The molecule has 1 atom stereocenters. The van der Waals surface area contributed by atoms with Gasteiger partial charge in [0.05, 0.1) is 25.6 Å². The molecule has 132 valence electrons. The second-order valence-corrected chi connectivity index (χ2v) is 7.61. The van der Waals surface area contributed by atoms with Crippen LogP contribution in [0.25, 0.3) is 0 Å². The fourth-order valence-electron chi connectivity index (χ4n) is 2.01. The first-order valence-corrected chi connectivity index (χ1v) is 9.35. The SMILES string of the molecule is COCCOCCS(=O)(=O)NCC(c1ccccc1Cl)N(C)C. The van der Waals surface area contributed by atoms with E-state index in [1.165, 1.54) is 0 Å². The van der Waals surface area contributed by atoms with E-state index in [0.717, 1.165) is 5.56 Å². The van der Waals surface area contributed by atoms with Gasteiger partial charge in [-0.3, -0.25) is 0 Å². The van der Waals surface area contributed by atoms with Crippen LogP contribution >= 0.6 is 11.6 Å². The maximum absolute atomic E-state index is 12.0. The van der Waals surface area contributed by atoms with E-state index < -0.39 is 10.0 Å². The standard InChI is InChI=1S/C15H25ClN2O4S/c1-18(2)15(13-6-4-5-7-14(13)16)12-17-23(19,20)11-10-22-9-8-21-3/h4-7,15,17H,8-12H2,1-3H3. The van der Waals surface area contributed by atoms with Crippen LogP contribution in [0.2, 0.25) is 5.02 Å². The van der Waals surface area contributed by atoms with Crippen LogP contribution in [0.5, 0.6) is 0 Å². The number of sulfonamides is 1. The lowest BCUT2D eigenvalue weighted by atomic mass is 10.1. The number of benzene rings is 1. The van der Waals surface area contributed by atoms with Crippen LogP contribution in [0, 0.1) is 0 Å². The number of halogens is 1. The number of nitrogens with zero attached hydrogens (tertiary/aromatic N) is 1. The lowest BCUT2D eigenvalue weighted by molar-refractivity contribution is 0.0784. The molecule has 0 bridgehead atoms. The molecular formula is C15H25ClN2O4S. The molecule has 1 aromatic rings. The summed E-state index contributed by atoms with van der Waals surface area (Å²) in [5.41, 5.74) is 0.887. The van der Waals surface area contributed by atoms with Gasteiger partial charge in [-0.1, -0.05) is 29.8 Å². The number of rotatable bonds is 11. The summed E-state index contributed by atoms with van der Waals surface area (Å²) >= 11 is 6.21. The number of hydrogen-bond acceptors (Lipinski definition) is 5. The molecule has 1 aromatic carbocycles. The molecule has 0 amide bonds. The first-order valence-electron chi connectivity index (χ1n) is 7.32. The molecule has 0 aliphatic carbocycles. The van der Waals surface area contributed by atoms with Gasteiger partial charge in [-0.2, -0.15) is 0 Å². The molecule has 0 aromatic heterocycles. The predicted octanol–water partition coefficient (Wildman–Crippen LogP) is 1.53. The average molecular weight is 365 g/mol. The van der Waals surface area contributed by atoms with E-state index in [2.05, 4.69) is 4.72 Å². The minimum absolute atomic E-state index is 0.0839. The second kappa shape index (κ2) is 10.2. The Bertz CT molecular complexity index is 566. The van der Waals surface area contributed by atoms with Crippen molar-refractivity contribution >= 4 is 21.6 Å². The zero-order chi connectivity index (χ0) is 17.3. The summed E-state index contributed by atoms with van der Waals surface area (Å²) in [6.45, 7) is 1.21. The van der Waals surface area contributed by atoms with Crippen molar-refractivity contribution in [1.82, 2.24) is 9.62 Å². The van der Waals surface area contributed by atoms with Crippen molar-refractivity contribution in [3.63, 3.8) is 0 Å². The van der Waals surface area contributed by atoms with Crippen molar-refractivity contribution in [3.8, 4) is 0 Å². The Morgan fingerprint density at radius 3 is 2.52 bits per heavy atom. The molecule has 0 saturated heterocycles. The van der Waals surface area contributed by atoms with Gasteiger partial charge in [0.15, 0.2) is 0 Å². The fraction of sp³-hybridized carbons (Fsp3) is 0.600. The molecule has 6 nitrogen and oxygen atoms in total. The van der Waals surface area contributed by atoms with Gasteiger partial charge in [-0.15, -0.1) is 0 Å². The fourth-order valence-corrected chi connectivity index (χ4v) is 3.16. The van der Waals surface area contributed by atoms with E-state index in [4.69, 9.17) is 21.1 Å². The van der Waals surface area contributed by atoms with Gasteiger partial charge in [-0.25, -0.2) is 13.1 Å². The Morgan fingerprint density at radius 1 is 1.22 bits per heavy atom. The van der Waals surface area contributed by atoms with Crippen LogP contribution in [0.4, 0.5) is 0 Å². The molecule has 0 aliphatic rings. The maximum atomic E-state index is 12.0. The average Bonchev–Trinajstić information content (AvgIpc) is 2.48. The smallest absolute Gasteiger partial charge is 0.213 e. The maximum Gasteiger partial charge on any atom is 0.213 e. The number of likely N-dealkylation sites (N-methyl/N-ethyl adjacent to an activating group) is 1. The van der Waals surface area contributed by atoms with Gasteiger partial charge < -0.3 is 14.4 Å². The molecule has 0 radical (unpaired) electrons. The summed E-state index contributed by atoms with van der Waals surface area (Å²) in [5, 5.41) is 0.619. The van der Waals surface area contributed by atoms with E-state index in [9.17, 15) is 8.42 Å². The van der Waals surface area contributed by atoms with Crippen molar-refractivity contribution in [3.05, 3.63) is 34.9 Å². The van der Waals surface area contributed by atoms with Crippen molar-refractivity contribution in [2.45, 2.75) is 6.04 Å². The van der Waals surface area contributed by atoms with Gasteiger partial charge in [0.2, 0.25) is 10.0 Å². The van der Waals surface area contributed by atoms with Crippen LogP contribution in [-0.4, -0.2) is 66.6 Å². The zero-order valence-electron chi connectivity index (χ0n) is 13.8. The Balaban J connectivity index is 2.56. The topological polar surface area (TPSA) is 67.9 Å². The third kappa shape index (κ3) is 7.60. The van der Waals surface area contributed by atoms with Crippen LogP contribution in [0.1, 0.15) is 11.6 Å². The van der Waals surface area contributed by atoms with Crippen LogP contribution in [0.15, 0.2) is 24.3 Å². The van der Waals surface area contributed by atoms with Crippen LogP contribution < -0.4 is 4.72 Å². The van der Waals surface area contributed by atoms with Crippen molar-refractivity contribution in [1.29, 1.82) is 0 Å². The van der Waals surface area contributed by atoms with Gasteiger partial charge in [0.1, 0.15) is 0 Å². The molecule has 23 heavy (non-hydrogen) atoms. The lowest BCUT2D eigenvalue weighted by Gasteiger charge is -2.25. The Morgan fingerprint density at radius 2 is 1.91 bits per heavy atom. The second-order valence-electron chi connectivity index (χ2n) is 5.27. The molecule has 0 aliphatic heterocycles. The van der Waals surface area contributed by atoms with Gasteiger partial charge in [-0.05, 0) is 25.7 Å². The van der Waals surface area contributed by atoms with Crippen LogP contribution in [-0.2, 0) is 19.5 Å². The Hall–Kier alpha value is -0.700. The third-order valence-corrected chi connectivity index (χ3v) is 4.97. The van der Waals surface area contributed by atoms with E-state index in [0.29, 0.717) is 18.2 Å². The summed E-state index contributed by atoms with van der Waals surface area (Å²) in [7, 11) is 1.93. The highest BCUT2D eigenvalue weighted by atomic mass is 35.5. The van der Waals surface area contributed by atoms with Gasteiger partial charge in [0.25, 0.3) is 0 Å². The molecular weight excluding hydrogens is 340 g/mol. The molecule has 0 spiro atoms. The number of hydrogen-bond donors (Lipinski definition) is 1. The normalized spacial score (nSPS) is 13.4. The largest absolute Gasteiger partial charge is 0.382 e. The van der Waals surface area contributed by atoms with E-state index in [1.807, 2.05) is 37.2 Å². The van der Waals surface area contributed by atoms with Crippen molar-refractivity contribution in [2.75, 3.05) is 53.3 Å². The third-order valence-electron chi connectivity index (χ3n) is 3.31. The molecule has 1 rings (SSSR count). The predicted molar refractivity (Wildman–Crippen MR) is 92.4 cm³/mol. The van der Waals surface area contributed by atoms with E-state index in [-0.39, 0.29) is 24.9 Å². The minimum Gasteiger partial charge on any atom is -0.382 e. The summed E-state index contributed by atoms with van der Waals surface area (Å²) in [5.74, 6) is -0.0839. The zero-order valence-corrected chi connectivity index (χ0v) is 15.4. The van der Waals surface area contributed by atoms with Gasteiger partial charge >= 0.3 is 0 Å². The number of ether oxygens (including phenoxy) is 2.